The second-order valence-electron chi connectivity index (χ2n) is 7.14. The largest absolute Gasteiger partial charge is 0.480 e. The molecule has 118 valence electrons. The van der Waals surface area contributed by atoms with Crippen molar-refractivity contribution in [2.75, 3.05) is 6.54 Å². The summed E-state index contributed by atoms with van der Waals surface area (Å²) in [5.74, 6) is -0.691. The molecular formula is C16H27N3O2. The highest BCUT2D eigenvalue weighted by atomic mass is 16.4. The molecule has 2 heterocycles. The Balaban J connectivity index is 2.32. The summed E-state index contributed by atoms with van der Waals surface area (Å²) >= 11 is 0. The first-order valence-electron chi connectivity index (χ1n) is 7.72. The molecule has 0 radical (unpaired) electrons. The summed E-state index contributed by atoms with van der Waals surface area (Å²) in [5, 5.41) is 14.3. The summed E-state index contributed by atoms with van der Waals surface area (Å²) in [7, 11) is 1.92. The van der Waals surface area contributed by atoms with Crippen LogP contribution in [-0.2, 0) is 23.8 Å². The highest BCUT2D eigenvalue weighted by Crippen LogP contribution is 2.35. The Morgan fingerprint density at radius 3 is 2.67 bits per heavy atom. The van der Waals surface area contributed by atoms with Gasteiger partial charge in [0.25, 0.3) is 0 Å². The van der Waals surface area contributed by atoms with Crippen LogP contribution >= 0.6 is 0 Å². The van der Waals surface area contributed by atoms with E-state index in [0.29, 0.717) is 13.0 Å². The summed E-state index contributed by atoms with van der Waals surface area (Å²) in [6, 6.07) is 0. The fourth-order valence-corrected chi connectivity index (χ4v) is 3.45. The Morgan fingerprint density at radius 2 is 2.14 bits per heavy atom. The summed E-state index contributed by atoms with van der Waals surface area (Å²) in [6.45, 7) is 9.92. The topological polar surface area (TPSA) is 58.4 Å². The third kappa shape index (κ3) is 2.84. The maximum absolute atomic E-state index is 11.8. The van der Waals surface area contributed by atoms with Gasteiger partial charge >= 0.3 is 5.97 Å². The van der Waals surface area contributed by atoms with Crippen molar-refractivity contribution >= 4 is 5.97 Å². The molecule has 1 saturated heterocycles. The number of rotatable bonds is 4. The minimum atomic E-state index is -0.703. The number of aryl methyl sites for hydroxylation is 1. The van der Waals surface area contributed by atoms with Crippen LogP contribution in [0.1, 0.15) is 58.2 Å². The molecule has 1 unspecified atom stereocenters. The van der Waals surface area contributed by atoms with Crippen molar-refractivity contribution in [3.8, 4) is 0 Å². The van der Waals surface area contributed by atoms with Gasteiger partial charge in [0.15, 0.2) is 0 Å². The van der Waals surface area contributed by atoms with Crippen LogP contribution < -0.4 is 0 Å². The van der Waals surface area contributed by atoms with Gasteiger partial charge in [0.05, 0.1) is 5.69 Å². The molecule has 0 bridgehead atoms. The number of likely N-dealkylation sites (tertiary alicyclic amines) is 1. The van der Waals surface area contributed by atoms with Gasteiger partial charge in [0.2, 0.25) is 0 Å². The van der Waals surface area contributed by atoms with Gasteiger partial charge in [-0.2, -0.15) is 5.10 Å². The SMILES string of the molecule is CCC1(C(=O)O)CCCN1Cc1cn(C)nc1C(C)(C)C. The zero-order valence-electron chi connectivity index (χ0n) is 13.8. The molecular weight excluding hydrogens is 266 g/mol. The van der Waals surface area contributed by atoms with Crippen molar-refractivity contribution < 1.29 is 9.90 Å². The Labute approximate surface area is 126 Å². The first-order chi connectivity index (χ1) is 9.70. The Morgan fingerprint density at radius 1 is 1.48 bits per heavy atom. The molecule has 1 N–H and O–H groups in total. The highest BCUT2D eigenvalue weighted by molar-refractivity contribution is 5.79. The van der Waals surface area contributed by atoms with Gasteiger partial charge in [-0.15, -0.1) is 0 Å². The minimum Gasteiger partial charge on any atom is -0.480 e. The average Bonchev–Trinajstić information content (AvgIpc) is 2.93. The number of carboxylic acids is 1. The third-order valence-corrected chi connectivity index (χ3v) is 4.58. The normalized spacial score (nSPS) is 23.7. The van der Waals surface area contributed by atoms with Crippen LogP contribution in [0.2, 0.25) is 0 Å². The molecule has 21 heavy (non-hydrogen) atoms. The fourth-order valence-electron chi connectivity index (χ4n) is 3.45. The maximum atomic E-state index is 11.8. The number of nitrogens with zero attached hydrogens (tertiary/aromatic N) is 3. The minimum absolute atomic E-state index is 0.0333. The van der Waals surface area contributed by atoms with Crippen LogP contribution in [0.5, 0.6) is 0 Å². The number of carbonyl (C=O) groups is 1. The standard InChI is InChI=1S/C16H27N3O2/c1-6-16(14(20)21)8-7-9-19(16)11-12-10-18(5)17-13(12)15(2,3)4/h10H,6-9,11H2,1-5H3,(H,20,21). The van der Waals surface area contributed by atoms with Gasteiger partial charge in [-0.1, -0.05) is 27.7 Å². The summed E-state index contributed by atoms with van der Waals surface area (Å²) in [5.41, 5.74) is 1.47. The van der Waals surface area contributed by atoms with Crippen LogP contribution in [0.4, 0.5) is 0 Å². The van der Waals surface area contributed by atoms with Crippen LogP contribution in [0.15, 0.2) is 6.20 Å². The first-order valence-corrected chi connectivity index (χ1v) is 7.72. The second kappa shape index (κ2) is 5.44. The van der Waals surface area contributed by atoms with E-state index in [0.717, 1.165) is 30.6 Å². The van der Waals surface area contributed by atoms with Gasteiger partial charge < -0.3 is 5.11 Å². The molecule has 0 aromatic carbocycles. The Kier molecular flexibility index (Phi) is 4.15. The molecule has 0 amide bonds. The zero-order valence-corrected chi connectivity index (χ0v) is 13.8. The predicted molar refractivity (Wildman–Crippen MR) is 82.2 cm³/mol. The van der Waals surface area contributed by atoms with Gasteiger partial charge in [-0.3, -0.25) is 14.4 Å². The molecule has 1 fully saturated rings. The third-order valence-electron chi connectivity index (χ3n) is 4.58. The summed E-state index contributed by atoms with van der Waals surface area (Å²) < 4.78 is 1.83. The molecule has 0 aliphatic carbocycles. The van der Waals surface area contributed by atoms with Crippen LogP contribution in [-0.4, -0.2) is 37.8 Å². The van der Waals surface area contributed by atoms with Crippen molar-refractivity contribution in [3.05, 3.63) is 17.5 Å². The van der Waals surface area contributed by atoms with E-state index >= 15 is 0 Å². The van der Waals surface area contributed by atoms with Crippen molar-refractivity contribution in [3.63, 3.8) is 0 Å². The van der Waals surface area contributed by atoms with Gasteiger partial charge in [0, 0.05) is 30.8 Å². The van der Waals surface area contributed by atoms with Crippen LogP contribution in [0.3, 0.4) is 0 Å². The lowest BCUT2D eigenvalue weighted by Crippen LogP contribution is -2.49. The molecule has 0 saturated carbocycles. The molecule has 1 aliphatic heterocycles. The molecule has 1 atom stereocenters. The molecule has 0 spiro atoms. The monoisotopic (exact) mass is 293 g/mol. The molecule has 5 nitrogen and oxygen atoms in total. The second-order valence-corrected chi connectivity index (χ2v) is 7.14. The van der Waals surface area contributed by atoms with Crippen molar-refractivity contribution in [2.45, 2.75) is 64.5 Å². The van der Waals surface area contributed by atoms with E-state index in [9.17, 15) is 9.90 Å². The quantitative estimate of drug-likeness (QED) is 0.927. The molecule has 1 aromatic rings. The lowest BCUT2D eigenvalue weighted by Gasteiger charge is -2.34. The molecule has 5 heteroatoms. The van der Waals surface area contributed by atoms with Crippen molar-refractivity contribution in [2.24, 2.45) is 7.05 Å². The number of aromatic nitrogens is 2. The summed E-state index contributed by atoms with van der Waals surface area (Å²) in [4.78, 5) is 13.9. The predicted octanol–water partition coefficient (Wildman–Crippen LogP) is 2.55. The van der Waals surface area contributed by atoms with E-state index in [4.69, 9.17) is 0 Å². The number of aliphatic carboxylic acids is 1. The van der Waals surface area contributed by atoms with Crippen LogP contribution in [0, 0.1) is 0 Å². The molecule has 1 aliphatic rings. The van der Waals surface area contributed by atoms with E-state index in [2.05, 4.69) is 30.8 Å². The number of carboxylic acid groups (broad SMARTS) is 1. The average molecular weight is 293 g/mol. The van der Waals surface area contributed by atoms with E-state index in [1.807, 2.05) is 24.9 Å². The van der Waals surface area contributed by atoms with Gasteiger partial charge in [-0.25, -0.2) is 0 Å². The maximum Gasteiger partial charge on any atom is 0.324 e. The summed E-state index contributed by atoms with van der Waals surface area (Å²) in [6.07, 6.45) is 4.36. The highest BCUT2D eigenvalue weighted by Gasteiger charge is 2.46. The smallest absolute Gasteiger partial charge is 0.324 e. The fraction of sp³-hybridized carbons (Fsp3) is 0.750. The van der Waals surface area contributed by atoms with E-state index < -0.39 is 11.5 Å². The van der Waals surface area contributed by atoms with Gasteiger partial charge in [-0.05, 0) is 25.8 Å². The number of hydrogen-bond donors (Lipinski definition) is 1. The van der Waals surface area contributed by atoms with Crippen molar-refractivity contribution in [1.29, 1.82) is 0 Å². The van der Waals surface area contributed by atoms with Gasteiger partial charge in [0.1, 0.15) is 5.54 Å². The van der Waals surface area contributed by atoms with E-state index in [1.165, 1.54) is 0 Å². The Hall–Kier alpha value is -1.36. The first kappa shape index (κ1) is 16.0. The Bertz CT molecular complexity index is 530. The molecule has 2 rings (SSSR count). The number of hydrogen-bond acceptors (Lipinski definition) is 3. The van der Waals surface area contributed by atoms with Crippen LogP contribution in [0.25, 0.3) is 0 Å². The van der Waals surface area contributed by atoms with Crippen molar-refractivity contribution in [1.82, 2.24) is 14.7 Å². The lowest BCUT2D eigenvalue weighted by atomic mass is 9.88. The van der Waals surface area contributed by atoms with E-state index in [1.54, 1.807) is 0 Å². The molecule has 1 aromatic heterocycles. The lowest BCUT2D eigenvalue weighted by molar-refractivity contribution is -0.150. The zero-order chi connectivity index (χ0) is 15.8. The van der Waals surface area contributed by atoms with E-state index in [-0.39, 0.29) is 5.41 Å².